The minimum atomic E-state index is -3.56. The molecule has 0 radical (unpaired) electrons. The Morgan fingerprint density at radius 1 is 1.33 bits per heavy atom. The molecule has 6 nitrogen and oxygen atoms in total. The van der Waals surface area contributed by atoms with E-state index in [4.69, 9.17) is 4.18 Å². The van der Waals surface area contributed by atoms with Gasteiger partial charge in [-0.05, 0) is 5.92 Å². The van der Waals surface area contributed by atoms with Crippen LogP contribution in [0.1, 0.15) is 6.92 Å². The maximum atomic E-state index is 11.5. The van der Waals surface area contributed by atoms with Crippen LogP contribution in [0.2, 0.25) is 0 Å². The third-order valence-electron chi connectivity index (χ3n) is 5.01. The summed E-state index contributed by atoms with van der Waals surface area (Å²) in [4.78, 5) is 13.2. The minimum Gasteiger partial charge on any atom is -0.330 e. The summed E-state index contributed by atoms with van der Waals surface area (Å²) in [6.07, 6.45) is 0.505. The molecule has 96 valence electrons. The van der Waals surface area contributed by atoms with Gasteiger partial charge in [0.05, 0.1) is 29.8 Å². The van der Waals surface area contributed by atoms with Crippen molar-refractivity contribution in [2.24, 2.45) is 23.2 Å². The van der Waals surface area contributed by atoms with Gasteiger partial charge in [-0.25, -0.2) is 0 Å². The molecule has 7 atom stereocenters. The second-order valence-corrected chi connectivity index (χ2v) is 7.40. The van der Waals surface area contributed by atoms with Crippen molar-refractivity contribution in [1.29, 1.82) is 5.26 Å². The fraction of sp³-hybridized carbons (Fsp3) is 0.818. The van der Waals surface area contributed by atoms with Crippen LogP contribution in [0, 0.1) is 34.5 Å². The second kappa shape index (κ2) is 2.58. The van der Waals surface area contributed by atoms with Crippen LogP contribution < -0.4 is 0 Å². The summed E-state index contributed by atoms with van der Waals surface area (Å²) in [6.45, 7) is 1.47. The van der Waals surface area contributed by atoms with Gasteiger partial charge in [0.2, 0.25) is 5.91 Å². The summed E-state index contributed by atoms with van der Waals surface area (Å²) in [5, 5.41) is 9.23. The van der Waals surface area contributed by atoms with Crippen LogP contribution >= 0.6 is 0 Å². The van der Waals surface area contributed by atoms with Gasteiger partial charge in [-0.2, -0.15) is 13.7 Å². The number of carbonyl (C=O) groups is 1. The number of rotatable bonds is 2. The highest BCUT2D eigenvalue weighted by Gasteiger charge is 2.98. The Morgan fingerprint density at radius 2 is 2.00 bits per heavy atom. The average Bonchev–Trinajstić information content (AvgIpc) is 3.10. The van der Waals surface area contributed by atoms with E-state index < -0.39 is 16.2 Å². The molecule has 5 aliphatic rings. The molecule has 5 rings (SSSR count). The fourth-order valence-electron chi connectivity index (χ4n) is 4.41. The van der Waals surface area contributed by atoms with E-state index in [9.17, 15) is 18.5 Å². The van der Waals surface area contributed by atoms with Gasteiger partial charge in [0.25, 0.3) is 10.1 Å². The van der Waals surface area contributed by atoms with Crippen molar-refractivity contribution in [1.82, 2.24) is 4.90 Å². The third kappa shape index (κ3) is 0.950. The number of hydrogen-bond acceptors (Lipinski definition) is 5. The topological polar surface area (TPSA) is 87.2 Å². The lowest BCUT2D eigenvalue weighted by atomic mass is 9.81. The molecule has 0 spiro atoms. The van der Waals surface area contributed by atoms with Crippen molar-refractivity contribution in [2.45, 2.75) is 25.1 Å². The zero-order valence-corrected chi connectivity index (χ0v) is 10.7. The molecule has 0 aromatic heterocycles. The first kappa shape index (κ1) is 10.8. The molecule has 0 aromatic carbocycles. The largest absolute Gasteiger partial charge is 0.330 e. The van der Waals surface area contributed by atoms with E-state index in [1.807, 2.05) is 0 Å². The van der Waals surface area contributed by atoms with Gasteiger partial charge in [0.1, 0.15) is 6.10 Å². The zero-order valence-electron chi connectivity index (χ0n) is 9.90. The van der Waals surface area contributed by atoms with Crippen LogP contribution in [0.5, 0.6) is 0 Å². The van der Waals surface area contributed by atoms with Crippen molar-refractivity contribution in [3.63, 3.8) is 0 Å². The van der Waals surface area contributed by atoms with E-state index in [2.05, 4.69) is 6.07 Å². The number of nitrogens with zero attached hydrogens (tertiary/aromatic N) is 2. The number of likely N-dealkylation sites (tertiary alicyclic amines) is 1. The maximum absolute atomic E-state index is 11.5. The molecule has 4 aliphatic carbocycles. The van der Waals surface area contributed by atoms with E-state index in [1.54, 1.807) is 4.90 Å². The van der Waals surface area contributed by atoms with Crippen LogP contribution in [-0.4, -0.2) is 43.7 Å². The predicted molar refractivity (Wildman–Crippen MR) is 58.3 cm³/mol. The quantitative estimate of drug-likeness (QED) is 0.489. The highest BCUT2D eigenvalue weighted by molar-refractivity contribution is 7.86. The highest BCUT2D eigenvalue weighted by atomic mass is 32.2. The lowest BCUT2D eigenvalue weighted by molar-refractivity contribution is -0.124. The molecule has 0 aromatic rings. The Morgan fingerprint density at radius 3 is 2.44 bits per heavy atom. The van der Waals surface area contributed by atoms with Crippen molar-refractivity contribution >= 4 is 16.0 Å². The van der Waals surface area contributed by atoms with E-state index in [0.717, 1.165) is 6.26 Å². The van der Waals surface area contributed by atoms with Crippen molar-refractivity contribution in [3.8, 4) is 6.07 Å². The smallest absolute Gasteiger partial charge is 0.264 e. The van der Waals surface area contributed by atoms with E-state index in [1.165, 1.54) is 6.92 Å². The summed E-state index contributed by atoms with van der Waals surface area (Å²) in [5.41, 5.74) is -0.388. The van der Waals surface area contributed by atoms with Crippen LogP contribution in [0.15, 0.2) is 0 Å². The van der Waals surface area contributed by atoms with Gasteiger partial charge < -0.3 is 4.90 Å². The fourth-order valence-corrected chi connectivity index (χ4v) is 5.04. The van der Waals surface area contributed by atoms with Gasteiger partial charge >= 0.3 is 0 Å². The lowest BCUT2D eigenvalue weighted by Gasteiger charge is -2.26. The van der Waals surface area contributed by atoms with E-state index >= 15 is 0 Å². The monoisotopic (exact) mass is 268 g/mol. The molecule has 7 heteroatoms. The Labute approximate surface area is 105 Å². The first-order valence-corrected chi connectivity index (χ1v) is 7.74. The summed E-state index contributed by atoms with van der Waals surface area (Å²) < 4.78 is 27.7. The Bertz CT molecular complexity index is 623. The average molecular weight is 268 g/mol. The SMILES string of the molecule is CC(=O)N1[C@H]2[C@H](OS(C)(=O)=O)[C@@H]3C4[C@H]([C@H]21)[C@@]43C#N. The van der Waals surface area contributed by atoms with E-state index in [-0.39, 0.29) is 41.2 Å². The van der Waals surface area contributed by atoms with Gasteiger partial charge in [-0.15, -0.1) is 0 Å². The van der Waals surface area contributed by atoms with Crippen molar-refractivity contribution in [2.75, 3.05) is 6.26 Å². The van der Waals surface area contributed by atoms with E-state index in [0.29, 0.717) is 0 Å². The molecule has 5 fully saturated rings. The molecule has 1 heterocycles. The Balaban J connectivity index is 1.68. The molecule has 4 saturated carbocycles. The predicted octanol–water partition coefficient (Wildman–Crippen LogP) is -0.670. The molecule has 0 N–H and O–H groups in total. The summed E-state index contributed by atoms with van der Waals surface area (Å²) in [5.74, 6) is 0.459. The number of hydrogen-bond donors (Lipinski definition) is 0. The van der Waals surface area contributed by atoms with Gasteiger partial charge in [0, 0.05) is 18.8 Å². The van der Waals surface area contributed by atoms with Crippen LogP contribution in [-0.2, 0) is 19.1 Å². The van der Waals surface area contributed by atoms with Crippen LogP contribution in [0.25, 0.3) is 0 Å². The van der Waals surface area contributed by atoms with Gasteiger partial charge in [0.15, 0.2) is 0 Å². The van der Waals surface area contributed by atoms with Gasteiger partial charge in [-0.3, -0.25) is 8.98 Å². The molecule has 1 aliphatic heterocycles. The number of nitriles is 1. The number of carbonyl (C=O) groups excluding carboxylic acids is 1. The number of amides is 1. The molecule has 2 bridgehead atoms. The third-order valence-corrected chi connectivity index (χ3v) is 5.59. The molecular formula is C11H12N2O4S. The Hall–Kier alpha value is -1.13. The van der Waals surface area contributed by atoms with Crippen molar-refractivity contribution < 1.29 is 17.4 Å². The minimum absolute atomic E-state index is 0.00725. The normalized spacial score (nSPS) is 53.9. The first-order valence-electron chi connectivity index (χ1n) is 5.93. The molecule has 1 amide bonds. The lowest BCUT2D eigenvalue weighted by Crippen LogP contribution is -2.39. The summed E-state index contributed by atoms with van der Waals surface area (Å²) in [6, 6.07) is 2.21. The van der Waals surface area contributed by atoms with Crippen molar-refractivity contribution in [3.05, 3.63) is 0 Å². The Kier molecular flexibility index (Phi) is 1.54. The van der Waals surface area contributed by atoms with Crippen LogP contribution in [0.3, 0.4) is 0 Å². The standard InChI is InChI=1S/C11H12N2O4S/c1-4(14)13-8-6-5-7(11(5,6)3-12)10(9(8)13)17-18(2,15)16/h5-10H,1-2H3/t5?,6-,7+,8-,9-,10-,11-,13?/m1/s1. The first-order chi connectivity index (χ1) is 8.34. The summed E-state index contributed by atoms with van der Waals surface area (Å²) >= 11 is 0. The van der Waals surface area contributed by atoms with Gasteiger partial charge in [-0.1, -0.05) is 0 Å². The second-order valence-electron chi connectivity index (χ2n) is 5.79. The molecule has 1 saturated heterocycles. The summed E-state index contributed by atoms with van der Waals surface area (Å²) in [7, 11) is -3.56. The molecule has 18 heavy (non-hydrogen) atoms. The highest BCUT2D eigenvalue weighted by Crippen LogP contribution is 2.91. The molecular weight excluding hydrogens is 256 g/mol. The molecule has 1 unspecified atom stereocenters. The zero-order chi connectivity index (χ0) is 13.0. The maximum Gasteiger partial charge on any atom is 0.264 e. The van der Waals surface area contributed by atoms with Crippen LogP contribution in [0.4, 0.5) is 0 Å².